The Morgan fingerprint density at radius 3 is 2.70 bits per heavy atom. The maximum atomic E-state index is 12.3. The molecule has 0 unspecified atom stereocenters. The van der Waals surface area contributed by atoms with Gasteiger partial charge < -0.3 is 5.32 Å². The monoisotopic (exact) mass is 403 g/mol. The quantitative estimate of drug-likeness (QED) is 0.316. The largest absolute Gasteiger partial charge is 0.361 e. The number of anilines is 2. The number of para-hydroxylation sites is 1. The lowest BCUT2D eigenvalue weighted by atomic mass is 10.1. The fourth-order valence-electron chi connectivity index (χ4n) is 2.56. The number of hydrogen-bond acceptors (Lipinski definition) is 5. The molecule has 1 heterocycles. The van der Waals surface area contributed by atoms with Gasteiger partial charge in [0, 0.05) is 18.8 Å². The van der Waals surface area contributed by atoms with Crippen molar-refractivity contribution in [1.29, 1.82) is 0 Å². The van der Waals surface area contributed by atoms with E-state index >= 15 is 0 Å². The highest BCUT2D eigenvalue weighted by Gasteiger charge is 2.21. The van der Waals surface area contributed by atoms with Crippen molar-refractivity contribution >= 4 is 51.6 Å². The van der Waals surface area contributed by atoms with Gasteiger partial charge in [-0.25, -0.2) is 4.98 Å². The fraction of sp³-hybridized carbons (Fsp3) is 0.368. The second kappa shape index (κ2) is 10.1. The summed E-state index contributed by atoms with van der Waals surface area (Å²) >= 11 is 6.55. The van der Waals surface area contributed by atoms with Crippen molar-refractivity contribution in [2.45, 2.75) is 40.5 Å². The summed E-state index contributed by atoms with van der Waals surface area (Å²) in [5.74, 6) is -0.0790. The molecule has 8 heteroatoms. The zero-order valence-corrected chi connectivity index (χ0v) is 17.7. The molecule has 0 aliphatic carbocycles. The summed E-state index contributed by atoms with van der Waals surface area (Å²) in [5.41, 5.74) is 6.37. The number of thiocarbonyl (C=S) groups is 1. The molecule has 0 bridgehead atoms. The Hall–Kier alpha value is -2.32. The first-order valence-electron chi connectivity index (χ1n) is 8.83. The van der Waals surface area contributed by atoms with Gasteiger partial charge in [0.25, 0.3) is 0 Å². The maximum Gasteiger partial charge on any atom is 0.230 e. The van der Waals surface area contributed by atoms with E-state index < -0.39 is 0 Å². The average molecular weight is 404 g/mol. The first-order chi connectivity index (χ1) is 12.9. The van der Waals surface area contributed by atoms with Gasteiger partial charge in [-0.05, 0) is 43.6 Å². The van der Waals surface area contributed by atoms with Crippen LogP contribution in [0.2, 0.25) is 0 Å². The predicted molar refractivity (Wildman–Crippen MR) is 117 cm³/mol. The number of carbonyl (C=O) groups is 1. The molecule has 0 aliphatic rings. The third kappa shape index (κ3) is 5.83. The van der Waals surface area contributed by atoms with Crippen LogP contribution >= 0.6 is 23.6 Å². The molecule has 1 aromatic heterocycles. The molecule has 0 fully saturated rings. The number of aryl methyl sites for hydroxylation is 2. The summed E-state index contributed by atoms with van der Waals surface area (Å²) in [6, 6.07) is 5.96. The van der Waals surface area contributed by atoms with E-state index in [1.807, 2.05) is 37.4 Å². The molecule has 0 saturated heterocycles. The number of unbranched alkanes of at least 4 members (excludes halogenated alkanes) is 1. The van der Waals surface area contributed by atoms with Crippen LogP contribution in [0.4, 0.5) is 10.8 Å². The van der Waals surface area contributed by atoms with Gasteiger partial charge in [-0.15, -0.1) is 11.3 Å². The van der Waals surface area contributed by atoms with Crippen LogP contribution in [0, 0.1) is 13.8 Å². The number of benzene rings is 1. The Kier molecular flexibility index (Phi) is 7.87. The van der Waals surface area contributed by atoms with Crippen LogP contribution < -0.4 is 15.6 Å². The molecule has 0 radical (unpaired) electrons. The number of rotatable bonds is 7. The number of hydrogen-bond donors (Lipinski definition) is 2. The Morgan fingerprint density at radius 1 is 1.37 bits per heavy atom. The van der Waals surface area contributed by atoms with Crippen LogP contribution in [0.3, 0.4) is 0 Å². The average Bonchev–Trinajstić information content (AvgIpc) is 3.06. The van der Waals surface area contributed by atoms with Crippen molar-refractivity contribution in [1.82, 2.24) is 15.7 Å². The number of nitrogens with zero attached hydrogens (tertiary/aromatic N) is 3. The molecule has 2 N–H and O–H groups in total. The molecule has 0 saturated carbocycles. The van der Waals surface area contributed by atoms with Gasteiger partial charge >= 0.3 is 0 Å². The number of amides is 1. The van der Waals surface area contributed by atoms with Gasteiger partial charge in [0.05, 0.1) is 17.6 Å². The molecule has 144 valence electrons. The molecular weight excluding hydrogens is 378 g/mol. The fourth-order valence-corrected chi connectivity index (χ4v) is 3.54. The number of hydrazone groups is 1. The summed E-state index contributed by atoms with van der Waals surface area (Å²) < 4.78 is 0. The summed E-state index contributed by atoms with van der Waals surface area (Å²) in [6.45, 7) is 8.47. The molecule has 0 aliphatic heterocycles. The van der Waals surface area contributed by atoms with Gasteiger partial charge in [0.2, 0.25) is 5.91 Å². The molecule has 6 nitrogen and oxygen atoms in total. The molecule has 2 aromatic rings. The summed E-state index contributed by atoms with van der Waals surface area (Å²) in [5, 5.41) is 10.1. The Balaban J connectivity index is 2.11. The van der Waals surface area contributed by atoms with E-state index in [4.69, 9.17) is 12.2 Å². The second-order valence-electron chi connectivity index (χ2n) is 6.13. The van der Waals surface area contributed by atoms with Crippen LogP contribution in [-0.2, 0) is 4.79 Å². The van der Waals surface area contributed by atoms with Crippen molar-refractivity contribution in [3.63, 3.8) is 0 Å². The van der Waals surface area contributed by atoms with Crippen molar-refractivity contribution < 1.29 is 4.79 Å². The molecule has 1 aromatic carbocycles. The number of nitrogens with one attached hydrogen (secondary N) is 2. The second-order valence-corrected chi connectivity index (χ2v) is 7.37. The predicted octanol–water partition coefficient (Wildman–Crippen LogP) is 4.04. The van der Waals surface area contributed by atoms with E-state index in [2.05, 4.69) is 27.8 Å². The lowest BCUT2D eigenvalue weighted by molar-refractivity contribution is -0.115. The highest BCUT2D eigenvalue weighted by molar-refractivity contribution is 7.80. The minimum Gasteiger partial charge on any atom is -0.361 e. The van der Waals surface area contributed by atoms with Crippen LogP contribution in [0.1, 0.15) is 43.5 Å². The normalized spacial score (nSPS) is 10.8. The summed E-state index contributed by atoms with van der Waals surface area (Å²) in [7, 11) is 0. The van der Waals surface area contributed by atoms with Crippen molar-refractivity contribution in [2.75, 3.05) is 11.4 Å². The highest BCUT2D eigenvalue weighted by atomic mass is 32.1. The maximum absolute atomic E-state index is 12.3. The number of thiazole rings is 1. The van der Waals surface area contributed by atoms with Gasteiger partial charge in [-0.3, -0.25) is 15.1 Å². The third-order valence-corrected chi connectivity index (χ3v) is 4.94. The van der Waals surface area contributed by atoms with E-state index in [9.17, 15) is 4.79 Å². The standard InChI is InChI=1S/C19H25N5OS2/c1-5-6-10-20-18(26)23-21-11-16-12-27-19(22-16)24(15(4)25)17-13(2)8-7-9-14(17)3/h7-9,11-12H,5-6,10H2,1-4H3,(H2,20,23,26)/b21-11-. The zero-order valence-electron chi connectivity index (χ0n) is 16.1. The SMILES string of the molecule is CCCCNC(=S)N/N=C\c1csc(N(C(C)=O)c2c(C)cccc2C)n1. The lowest BCUT2D eigenvalue weighted by Gasteiger charge is -2.22. The Morgan fingerprint density at radius 2 is 2.07 bits per heavy atom. The van der Waals surface area contributed by atoms with Crippen LogP contribution in [0.25, 0.3) is 0 Å². The minimum absolute atomic E-state index is 0.0790. The molecule has 0 spiro atoms. The summed E-state index contributed by atoms with van der Waals surface area (Å²) in [6.07, 6.45) is 3.75. The van der Waals surface area contributed by atoms with Gasteiger partial charge in [0.1, 0.15) is 0 Å². The first-order valence-corrected chi connectivity index (χ1v) is 10.1. The van der Waals surface area contributed by atoms with Gasteiger partial charge in [-0.1, -0.05) is 31.5 Å². The lowest BCUT2D eigenvalue weighted by Crippen LogP contribution is -2.32. The molecular formula is C19H25N5OS2. The zero-order chi connectivity index (χ0) is 19.8. The molecule has 0 atom stereocenters. The first kappa shape index (κ1) is 21.0. The van der Waals surface area contributed by atoms with Gasteiger partial charge in [-0.2, -0.15) is 5.10 Å². The van der Waals surface area contributed by atoms with Crippen molar-refractivity contribution in [2.24, 2.45) is 5.10 Å². The molecule has 1 amide bonds. The van der Waals surface area contributed by atoms with E-state index in [0.29, 0.717) is 15.9 Å². The van der Waals surface area contributed by atoms with E-state index in [0.717, 1.165) is 36.2 Å². The van der Waals surface area contributed by atoms with Crippen molar-refractivity contribution in [3.8, 4) is 0 Å². The van der Waals surface area contributed by atoms with E-state index in [1.54, 1.807) is 18.0 Å². The smallest absolute Gasteiger partial charge is 0.230 e. The van der Waals surface area contributed by atoms with E-state index in [-0.39, 0.29) is 5.91 Å². The van der Waals surface area contributed by atoms with Crippen LogP contribution in [-0.4, -0.2) is 28.8 Å². The third-order valence-electron chi connectivity index (χ3n) is 3.86. The molecule has 2 rings (SSSR count). The number of aromatic nitrogens is 1. The topological polar surface area (TPSA) is 69.6 Å². The minimum atomic E-state index is -0.0790. The van der Waals surface area contributed by atoms with Crippen LogP contribution in [0.15, 0.2) is 28.7 Å². The summed E-state index contributed by atoms with van der Waals surface area (Å²) in [4.78, 5) is 18.5. The highest BCUT2D eigenvalue weighted by Crippen LogP contribution is 2.33. The number of carbonyl (C=O) groups excluding carboxylic acids is 1. The Bertz CT molecular complexity index is 811. The van der Waals surface area contributed by atoms with Gasteiger partial charge in [0.15, 0.2) is 10.2 Å². The Labute approximate surface area is 169 Å². The molecule has 27 heavy (non-hydrogen) atoms. The van der Waals surface area contributed by atoms with Crippen molar-refractivity contribution in [3.05, 3.63) is 40.4 Å². The van der Waals surface area contributed by atoms with E-state index in [1.165, 1.54) is 11.3 Å². The van der Waals surface area contributed by atoms with Crippen LogP contribution in [0.5, 0.6) is 0 Å².